The van der Waals surface area contributed by atoms with Gasteiger partial charge in [-0.1, -0.05) is 194 Å². The summed E-state index contributed by atoms with van der Waals surface area (Å²) in [4.78, 5) is 21.9. The molecule has 0 N–H and O–H groups in total. The number of hydrogen-bond acceptors (Lipinski definition) is 5. The van der Waals surface area contributed by atoms with Gasteiger partial charge in [-0.3, -0.25) is 9.98 Å². The summed E-state index contributed by atoms with van der Waals surface area (Å²) < 4.78 is 0. The van der Waals surface area contributed by atoms with Gasteiger partial charge in [-0.2, -0.15) is 0 Å². The van der Waals surface area contributed by atoms with Crippen LogP contribution < -0.4 is 0 Å². The summed E-state index contributed by atoms with van der Waals surface area (Å²) in [6.45, 7) is 42.5. The van der Waals surface area contributed by atoms with Gasteiger partial charge < -0.3 is 58.1 Å². The van der Waals surface area contributed by atoms with Gasteiger partial charge in [0, 0.05) is 61.2 Å². The van der Waals surface area contributed by atoms with E-state index in [-0.39, 0.29) is 97.0 Å². The fraction of sp³-hybridized carbons (Fsp3) is 0.615. The van der Waals surface area contributed by atoms with E-state index in [1.54, 1.807) is 0 Å². The van der Waals surface area contributed by atoms with Gasteiger partial charge in [0.05, 0.1) is 18.1 Å². The van der Waals surface area contributed by atoms with Crippen LogP contribution in [0.25, 0.3) is 16.0 Å². The summed E-state index contributed by atoms with van der Waals surface area (Å²) in [7, 11) is 15.8. The Labute approximate surface area is 543 Å². The number of hydrogen-bond donors (Lipinski definition) is 0. The molecule has 80 heavy (non-hydrogen) atoms. The molecule has 8 radical (unpaired) electrons. The number of nitrogens with zero attached hydrogens (tertiary/aromatic N) is 8. The maximum atomic E-state index is 5.15. The second-order valence-corrected chi connectivity index (χ2v) is 21.0. The third kappa shape index (κ3) is 44.3. The van der Waals surface area contributed by atoms with Crippen LogP contribution in [-0.4, -0.2) is 97.2 Å². The molecule has 0 fully saturated rings. The Morgan fingerprint density at radius 2 is 0.900 bits per heavy atom. The van der Waals surface area contributed by atoms with Crippen LogP contribution in [0.4, 0.5) is 11.4 Å². The van der Waals surface area contributed by atoms with Crippen molar-refractivity contribution in [3.63, 3.8) is 0 Å². The Morgan fingerprint density at radius 1 is 0.588 bits per heavy atom. The average molecular weight is 1250 g/mol. The van der Waals surface area contributed by atoms with Crippen molar-refractivity contribution in [1.29, 1.82) is 0 Å². The zero-order chi connectivity index (χ0) is 54.8. The van der Waals surface area contributed by atoms with Gasteiger partial charge in [-0.25, -0.2) is 9.98 Å². The van der Waals surface area contributed by atoms with Crippen molar-refractivity contribution in [3.05, 3.63) is 135 Å². The maximum Gasteiger partial charge on any atom is 3.00 e. The van der Waals surface area contributed by atoms with Gasteiger partial charge in [0.25, 0.3) is 0 Å². The maximum absolute atomic E-state index is 5.15. The Kier molecular flexibility index (Phi) is 69.4. The van der Waals surface area contributed by atoms with Crippen LogP contribution in [0.15, 0.2) is 84.9 Å². The first-order valence-corrected chi connectivity index (χ1v) is 27.6. The number of unbranched alkanes of at least 4 members (excludes halogenated alkanes) is 2. The summed E-state index contributed by atoms with van der Waals surface area (Å²) in [6.07, 6.45) is 15.6. The fourth-order valence-corrected chi connectivity index (χ4v) is 7.36. The number of para-hydroxylation sites is 2. The second-order valence-electron chi connectivity index (χ2n) is 21.0. The largest absolute Gasteiger partial charge is 3.00 e. The van der Waals surface area contributed by atoms with Crippen molar-refractivity contribution < 1.29 is 52.4 Å². The van der Waals surface area contributed by atoms with Gasteiger partial charge in [-0.15, -0.1) is 22.8 Å². The molecule has 15 heteroatoms. The van der Waals surface area contributed by atoms with Gasteiger partial charge in [0.1, 0.15) is 0 Å². The summed E-state index contributed by atoms with van der Waals surface area (Å²) in [5.74, 6) is 2.82. The molecule has 0 saturated heterocycles. The van der Waals surface area contributed by atoms with Crippen molar-refractivity contribution in [3.8, 4) is 0 Å². The van der Waals surface area contributed by atoms with Crippen LogP contribution in [0, 0.1) is 37.1 Å². The molecule has 442 valence electrons. The van der Waals surface area contributed by atoms with Crippen molar-refractivity contribution in [2.45, 2.75) is 251 Å². The Morgan fingerprint density at radius 3 is 1.14 bits per heavy atom. The van der Waals surface area contributed by atoms with E-state index in [1.165, 1.54) is 77.8 Å². The van der Waals surface area contributed by atoms with E-state index in [9.17, 15) is 0 Å². The van der Waals surface area contributed by atoms with Crippen molar-refractivity contribution >= 4 is 71.3 Å². The first-order valence-electron chi connectivity index (χ1n) is 27.6. The molecule has 2 aliphatic carbocycles. The standard InChI is InChI=1S/2C22H33N2.C8H17N2.C7H14N2.CH4.5CH3.B5.2Zr/c2*1-6-7-15-23-20-13-8-9-14-21(20)24-22-18(16(2)3)11-10-12-19(22)17(4)5;1-6(2)9-8(5)10-7(3)4;1-6(2)8-5-9-7(3)4;;;;;;;1-4-5(2)3;;/h2*10-12,14,16-17H,6-9,13,15H2,1-5H3;6-7H,1-5H3;6-7H,1-4H3;1H4;5*1H3;;;/q3*-1;;;5*-1;;+2;+3. The summed E-state index contributed by atoms with van der Waals surface area (Å²) in [5.41, 5.74) is 12.4. The first kappa shape index (κ1) is 96.9. The molecule has 2 aromatic rings. The molecule has 0 unspecified atom stereocenters. The van der Waals surface area contributed by atoms with E-state index in [1.807, 2.05) is 34.6 Å². The molecular weight excluding hydrogens is 1130 g/mol. The number of benzene rings is 2. The van der Waals surface area contributed by atoms with E-state index in [0.717, 1.165) is 68.8 Å². The SMILES string of the molecule is C.CC(=NC(C)C)[N-]C(C)C.CC(C)N=C=NC(C)C.CCCCN=C1CCCC=C1[N-]c1c(C(C)C)cccc1C(C)C.CCCCN=C1CCCC=C1[N-]c1c(C(C)C)cccc1C(C)C.[B][B]B([B])[B].[CH3-].[CH3-].[CH3-].[CH3-].[CH3-].[Zr+2].[Zr+3]. The van der Waals surface area contributed by atoms with Gasteiger partial charge >= 0.3 is 52.4 Å². The first-order chi connectivity index (χ1) is 34.0. The topological polar surface area (TPSA) is 104 Å². The zero-order valence-electron chi connectivity index (χ0n) is 55.2. The van der Waals surface area contributed by atoms with E-state index >= 15 is 0 Å². The molecule has 2 aliphatic rings. The van der Waals surface area contributed by atoms with Gasteiger partial charge in [0.2, 0.25) is 0 Å². The minimum absolute atomic E-state index is 0. The number of aliphatic imine (C=N–C) groups is 5. The van der Waals surface area contributed by atoms with E-state index in [2.05, 4.69) is 172 Å². The van der Waals surface area contributed by atoms with Crippen molar-refractivity contribution in [2.75, 3.05) is 13.1 Å². The molecule has 8 nitrogen and oxygen atoms in total. The molecule has 0 bridgehead atoms. The Bertz CT molecular complexity index is 1850. The van der Waals surface area contributed by atoms with Crippen LogP contribution in [0.5, 0.6) is 0 Å². The minimum atomic E-state index is -0.463. The van der Waals surface area contributed by atoms with Crippen LogP contribution >= 0.6 is 0 Å². The minimum Gasteiger partial charge on any atom is -0.656 e. The quantitative estimate of drug-likeness (QED) is 0.0440. The summed E-state index contributed by atoms with van der Waals surface area (Å²) in [5, 5.41) is 14.6. The molecule has 2 aromatic carbocycles. The van der Waals surface area contributed by atoms with Crippen LogP contribution in [0.3, 0.4) is 0 Å². The van der Waals surface area contributed by atoms with Crippen LogP contribution in [0.2, 0.25) is 0 Å². The average Bonchev–Trinajstić information content (AvgIpc) is 3.30. The molecule has 0 heterocycles. The van der Waals surface area contributed by atoms with E-state index in [0.29, 0.717) is 47.8 Å². The molecule has 0 aliphatic heterocycles. The van der Waals surface area contributed by atoms with Crippen LogP contribution in [0.1, 0.15) is 249 Å². The molecule has 0 amide bonds. The van der Waals surface area contributed by atoms with Gasteiger partial charge in [0.15, 0.2) is 0 Å². The summed E-state index contributed by atoms with van der Waals surface area (Å²) >= 11 is 0. The van der Waals surface area contributed by atoms with E-state index in [4.69, 9.17) is 43.8 Å². The van der Waals surface area contributed by atoms with E-state index < -0.39 is 6.39 Å². The second kappa shape index (κ2) is 57.2. The normalized spacial score (nSPS) is 13.2. The molecule has 0 spiro atoms. The zero-order valence-corrected chi connectivity index (χ0v) is 60.1. The monoisotopic (exact) mass is 1240 g/mol. The molecule has 0 aromatic heterocycles. The molecule has 0 saturated carbocycles. The third-order valence-electron chi connectivity index (χ3n) is 11.0. The van der Waals surface area contributed by atoms with Crippen molar-refractivity contribution in [2.24, 2.45) is 25.0 Å². The predicted molar refractivity (Wildman–Crippen MR) is 368 cm³/mol. The number of allylic oxidation sites excluding steroid dienone is 4. The van der Waals surface area contributed by atoms with Crippen LogP contribution in [-0.2, 0) is 52.4 Å². The predicted octanol–water partition coefficient (Wildman–Crippen LogP) is 20.0. The Hall–Kier alpha value is -2.20. The Balaban J connectivity index is -0.000000120. The third-order valence-corrected chi connectivity index (χ3v) is 11.0. The fourth-order valence-electron chi connectivity index (χ4n) is 7.36. The molecular formula is C65H116B5N8Zr2-3. The van der Waals surface area contributed by atoms with Crippen molar-refractivity contribution in [1.82, 2.24) is 0 Å². The molecule has 0 atom stereocenters. The molecule has 4 rings (SSSR count). The van der Waals surface area contributed by atoms with Gasteiger partial charge in [-0.05, 0) is 122 Å². The smallest absolute Gasteiger partial charge is 0.656 e. The number of amidine groups is 1. The summed E-state index contributed by atoms with van der Waals surface area (Å²) in [6, 6.07) is 17.3. The number of rotatable bonds is 19.